The third-order valence-electron chi connectivity index (χ3n) is 3.81. The number of anilines is 1. The highest BCUT2D eigenvalue weighted by Gasteiger charge is 2.23. The fourth-order valence-corrected chi connectivity index (χ4v) is 2.35. The molecule has 0 radical (unpaired) electrons. The number of rotatable bonds is 5. The molecule has 1 N–H and O–H groups in total. The highest BCUT2D eigenvalue weighted by Crippen LogP contribution is 2.30. The Balaban J connectivity index is 1.61. The van der Waals surface area contributed by atoms with E-state index < -0.39 is 0 Å². The molecule has 0 amide bonds. The van der Waals surface area contributed by atoms with Crippen molar-refractivity contribution in [3.05, 3.63) is 11.9 Å². The molecule has 0 spiro atoms. The minimum Gasteiger partial charge on any atom is -0.353 e. The van der Waals surface area contributed by atoms with Gasteiger partial charge in [-0.2, -0.15) is 0 Å². The Labute approximate surface area is 97.3 Å². The molecule has 88 valence electrons. The quantitative estimate of drug-likeness (QED) is 0.825. The summed E-state index contributed by atoms with van der Waals surface area (Å²) in [7, 11) is 0. The fraction of sp³-hybridized carbons (Fsp3) is 0.769. The van der Waals surface area contributed by atoms with E-state index in [9.17, 15) is 0 Å². The van der Waals surface area contributed by atoms with Crippen LogP contribution in [-0.4, -0.2) is 15.6 Å². The molecule has 0 unspecified atom stereocenters. The first kappa shape index (κ1) is 10.2. The molecular formula is C13H21N3. The second-order valence-electron chi connectivity index (χ2n) is 5.40. The van der Waals surface area contributed by atoms with Crippen molar-refractivity contribution in [2.24, 2.45) is 5.92 Å². The molecule has 0 bridgehead atoms. The average Bonchev–Trinajstić information content (AvgIpc) is 2.90. The maximum absolute atomic E-state index is 4.56. The Morgan fingerprint density at radius 2 is 2.19 bits per heavy atom. The van der Waals surface area contributed by atoms with Crippen molar-refractivity contribution >= 4 is 5.95 Å². The maximum Gasteiger partial charge on any atom is 0.203 e. The van der Waals surface area contributed by atoms with E-state index >= 15 is 0 Å². The summed E-state index contributed by atoms with van der Waals surface area (Å²) in [6.07, 6.45) is 10.5. The lowest BCUT2D eigenvalue weighted by molar-refractivity contribution is 0.283. The fourth-order valence-electron chi connectivity index (χ4n) is 2.35. The van der Waals surface area contributed by atoms with Gasteiger partial charge in [-0.25, -0.2) is 4.98 Å². The predicted molar refractivity (Wildman–Crippen MR) is 65.6 cm³/mol. The lowest BCUT2D eigenvalue weighted by atomic mass is 9.83. The van der Waals surface area contributed by atoms with Gasteiger partial charge >= 0.3 is 0 Å². The van der Waals surface area contributed by atoms with Gasteiger partial charge in [0, 0.05) is 18.8 Å². The molecule has 3 heteroatoms. The van der Waals surface area contributed by atoms with Crippen molar-refractivity contribution in [3.63, 3.8) is 0 Å². The summed E-state index contributed by atoms with van der Waals surface area (Å²) in [6.45, 7) is 3.22. The molecular weight excluding hydrogens is 198 g/mol. The number of aryl methyl sites for hydroxylation is 2. The standard InChI is InChI=1S/C13H21N3/c1-10-9-16(8-7-11-3-2-4-11)13(14-10)15-12-5-6-12/h9,11-12H,2-8H2,1H3,(H,14,15). The van der Waals surface area contributed by atoms with Crippen molar-refractivity contribution in [1.82, 2.24) is 9.55 Å². The van der Waals surface area contributed by atoms with Crippen LogP contribution in [-0.2, 0) is 6.54 Å². The number of nitrogens with one attached hydrogen (secondary N) is 1. The van der Waals surface area contributed by atoms with Crippen molar-refractivity contribution in [2.75, 3.05) is 5.32 Å². The molecule has 1 aromatic rings. The first-order chi connectivity index (χ1) is 7.81. The van der Waals surface area contributed by atoms with Gasteiger partial charge in [0.15, 0.2) is 0 Å². The van der Waals surface area contributed by atoms with Crippen molar-refractivity contribution < 1.29 is 0 Å². The Kier molecular flexibility index (Phi) is 2.62. The number of hydrogen-bond donors (Lipinski definition) is 1. The molecule has 0 aromatic carbocycles. The van der Waals surface area contributed by atoms with E-state index in [1.165, 1.54) is 38.5 Å². The van der Waals surface area contributed by atoms with Crippen LogP contribution >= 0.6 is 0 Å². The van der Waals surface area contributed by atoms with Gasteiger partial charge in [0.2, 0.25) is 5.95 Å². The zero-order valence-corrected chi connectivity index (χ0v) is 10.1. The van der Waals surface area contributed by atoms with E-state index in [0.29, 0.717) is 6.04 Å². The molecule has 2 fully saturated rings. The molecule has 0 saturated heterocycles. The van der Waals surface area contributed by atoms with E-state index in [1.807, 2.05) is 0 Å². The van der Waals surface area contributed by atoms with E-state index in [0.717, 1.165) is 24.1 Å². The lowest BCUT2D eigenvalue weighted by Crippen LogP contribution is -2.15. The monoisotopic (exact) mass is 219 g/mol. The number of imidazole rings is 1. The number of aromatic nitrogens is 2. The minimum absolute atomic E-state index is 0.698. The lowest BCUT2D eigenvalue weighted by Gasteiger charge is -2.25. The first-order valence-electron chi connectivity index (χ1n) is 6.61. The molecule has 3 nitrogen and oxygen atoms in total. The smallest absolute Gasteiger partial charge is 0.203 e. The van der Waals surface area contributed by atoms with Gasteiger partial charge < -0.3 is 9.88 Å². The Hall–Kier alpha value is -0.990. The van der Waals surface area contributed by atoms with Gasteiger partial charge in [-0.05, 0) is 32.1 Å². The van der Waals surface area contributed by atoms with Crippen LogP contribution in [0.1, 0.15) is 44.2 Å². The van der Waals surface area contributed by atoms with Gasteiger partial charge in [-0.1, -0.05) is 19.3 Å². The van der Waals surface area contributed by atoms with Gasteiger partial charge in [-0.15, -0.1) is 0 Å². The molecule has 2 aliphatic carbocycles. The zero-order valence-electron chi connectivity index (χ0n) is 10.1. The summed E-state index contributed by atoms with van der Waals surface area (Å²) in [5.41, 5.74) is 1.14. The average molecular weight is 219 g/mol. The van der Waals surface area contributed by atoms with Crippen LogP contribution in [0.5, 0.6) is 0 Å². The second-order valence-corrected chi connectivity index (χ2v) is 5.40. The van der Waals surface area contributed by atoms with Gasteiger partial charge in [0.25, 0.3) is 0 Å². The Morgan fingerprint density at radius 1 is 1.38 bits per heavy atom. The second kappa shape index (κ2) is 4.11. The summed E-state index contributed by atoms with van der Waals surface area (Å²) in [5.74, 6) is 2.08. The van der Waals surface area contributed by atoms with Crippen molar-refractivity contribution in [3.8, 4) is 0 Å². The molecule has 0 aliphatic heterocycles. The molecule has 0 atom stereocenters. The number of nitrogens with zero attached hydrogens (tertiary/aromatic N) is 2. The van der Waals surface area contributed by atoms with Crippen molar-refractivity contribution in [2.45, 2.75) is 58.0 Å². The topological polar surface area (TPSA) is 29.9 Å². The summed E-state index contributed by atoms with van der Waals surface area (Å²) >= 11 is 0. The predicted octanol–water partition coefficient (Wildman–Crippen LogP) is 2.96. The van der Waals surface area contributed by atoms with Gasteiger partial charge in [-0.3, -0.25) is 0 Å². The summed E-state index contributed by atoms with van der Waals surface area (Å²) in [6, 6.07) is 0.698. The number of hydrogen-bond acceptors (Lipinski definition) is 2. The summed E-state index contributed by atoms with van der Waals surface area (Å²) in [4.78, 5) is 4.56. The summed E-state index contributed by atoms with van der Waals surface area (Å²) in [5, 5.41) is 3.52. The minimum atomic E-state index is 0.698. The van der Waals surface area contributed by atoms with Crippen LogP contribution < -0.4 is 5.32 Å². The van der Waals surface area contributed by atoms with E-state index in [4.69, 9.17) is 0 Å². The van der Waals surface area contributed by atoms with Crippen LogP contribution in [0.15, 0.2) is 6.20 Å². The van der Waals surface area contributed by atoms with E-state index in [-0.39, 0.29) is 0 Å². The normalized spacial score (nSPS) is 20.8. The highest BCUT2D eigenvalue weighted by atomic mass is 15.2. The molecule has 2 saturated carbocycles. The van der Waals surface area contributed by atoms with Crippen LogP contribution in [0.3, 0.4) is 0 Å². The first-order valence-corrected chi connectivity index (χ1v) is 6.61. The zero-order chi connectivity index (χ0) is 11.0. The highest BCUT2D eigenvalue weighted by molar-refractivity contribution is 5.32. The van der Waals surface area contributed by atoms with E-state index in [2.05, 4.69) is 28.0 Å². The molecule has 1 aromatic heterocycles. The molecule has 1 heterocycles. The summed E-state index contributed by atoms with van der Waals surface area (Å²) < 4.78 is 2.31. The van der Waals surface area contributed by atoms with Crippen LogP contribution in [0, 0.1) is 12.8 Å². The molecule has 3 rings (SSSR count). The Bertz CT molecular complexity index is 361. The van der Waals surface area contributed by atoms with Crippen molar-refractivity contribution in [1.29, 1.82) is 0 Å². The maximum atomic E-state index is 4.56. The third kappa shape index (κ3) is 2.23. The molecule has 2 aliphatic rings. The van der Waals surface area contributed by atoms with Gasteiger partial charge in [0.1, 0.15) is 0 Å². The van der Waals surface area contributed by atoms with E-state index in [1.54, 1.807) is 0 Å². The van der Waals surface area contributed by atoms with Gasteiger partial charge in [0.05, 0.1) is 5.69 Å². The van der Waals surface area contributed by atoms with Crippen LogP contribution in [0.25, 0.3) is 0 Å². The third-order valence-corrected chi connectivity index (χ3v) is 3.81. The largest absolute Gasteiger partial charge is 0.353 e. The SMILES string of the molecule is Cc1cn(CCC2CCC2)c(NC2CC2)n1. The van der Waals surface area contributed by atoms with Crippen LogP contribution in [0.4, 0.5) is 5.95 Å². The Morgan fingerprint density at radius 3 is 2.81 bits per heavy atom. The van der Waals surface area contributed by atoms with Crippen LogP contribution in [0.2, 0.25) is 0 Å². The molecule has 16 heavy (non-hydrogen) atoms.